The summed E-state index contributed by atoms with van der Waals surface area (Å²) in [5, 5.41) is 3.98. The van der Waals surface area contributed by atoms with Crippen molar-refractivity contribution in [1.29, 1.82) is 0 Å². The summed E-state index contributed by atoms with van der Waals surface area (Å²) < 4.78 is 14.3. The van der Waals surface area contributed by atoms with Gasteiger partial charge in [0.1, 0.15) is 5.82 Å². The summed E-state index contributed by atoms with van der Waals surface area (Å²) in [5.74, 6) is 0.0790. The van der Waals surface area contributed by atoms with Crippen molar-refractivity contribution in [1.82, 2.24) is 15.2 Å². The van der Waals surface area contributed by atoms with Crippen LogP contribution in [0.4, 0.5) is 4.39 Å². The van der Waals surface area contributed by atoms with Crippen LogP contribution in [0, 0.1) is 5.82 Å². The molecular weight excluding hydrogens is 265 g/mol. The highest BCUT2D eigenvalue weighted by molar-refractivity contribution is 5.80. The molecule has 0 radical (unpaired) electrons. The van der Waals surface area contributed by atoms with Gasteiger partial charge in [-0.15, -0.1) is 0 Å². The van der Waals surface area contributed by atoms with Crippen LogP contribution in [0.15, 0.2) is 24.3 Å². The predicted octanol–water partition coefficient (Wildman–Crippen LogP) is 2.90. The molecule has 0 amide bonds. The molecule has 1 aliphatic heterocycles. The van der Waals surface area contributed by atoms with Crippen LogP contribution < -0.4 is 5.32 Å². The van der Waals surface area contributed by atoms with Crippen molar-refractivity contribution in [3.8, 4) is 0 Å². The molecule has 0 unspecified atom stereocenters. The summed E-state index contributed by atoms with van der Waals surface area (Å²) in [7, 11) is 0. The molecular formula is C17H22FN3. The van der Waals surface area contributed by atoms with Gasteiger partial charge in [-0.3, -0.25) is 9.88 Å². The van der Waals surface area contributed by atoms with Crippen LogP contribution in [0.5, 0.6) is 0 Å². The Morgan fingerprint density at radius 1 is 1.24 bits per heavy atom. The van der Waals surface area contributed by atoms with E-state index < -0.39 is 0 Å². The molecule has 0 bridgehead atoms. The van der Waals surface area contributed by atoms with E-state index >= 15 is 0 Å². The first-order valence-corrected chi connectivity index (χ1v) is 7.65. The lowest BCUT2D eigenvalue weighted by atomic mass is 10.1. The van der Waals surface area contributed by atoms with Crippen molar-refractivity contribution < 1.29 is 4.39 Å². The average Bonchev–Trinajstić information content (AvgIpc) is 2.48. The minimum absolute atomic E-state index is 0.161. The maximum absolute atomic E-state index is 14.3. The van der Waals surface area contributed by atoms with E-state index in [4.69, 9.17) is 0 Å². The molecule has 1 aromatic carbocycles. The Bertz CT molecular complexity index is 633. The highest BCUT2D eigenvalue weighted by Gasteiger charge is 2.12. The van der Waals surface area contributed by atoms with Gasteiger partial charge in [0, 0.05) is 43.8 Å². The number of nitrogens with zero attached hydrogens (tertiary/aromatic N) is 2. The minimum atomic E-state index is -0.161. The van der Waals surface area contributed by atoms with Crippen LogP contribution in [0.25, 0.3) is 10.9 Å². The third-order valence-electron chi connectivity index (χ3n) is 4.05. The Balaban J connectivity index is 1.89. The van der Waals surface area contributed by atoms with Crippen LogP contribution in [0.1, 0.15) is 31.0 Å². The first kappa shape index (κ1) is 14.4. The maximum atomic E-state index is 14.3. The Labute approximate surface area is 125 Å². The largest absolute Gasteiger partial charge is 0.314 e. The summed E-state index contributed by atoms with van der Waals surface area (Å²) in [5.41, 5.74) is 2.72. The Morgan fingerprint density at radius 3 is 2.71 bits per heavy atom. The number of aromatic nitrogens is 1. The van der Waals surface area contributed by atoms with Crippen molar-refractivity contribution in [3.63, 3.8) is 0 Å². The van der Waals surface area contributed by atoms with E-state index in [9.17, 15) is 4.39 Å². The number of pyridine rings is 1. The Kier molecular flexibility index (Phi) is 4.17. The van der Waals surface area contributed by atoms with Crippen LogP contribution in [0.2, 0.25) is 0 Å². The van der Waals surface area contributed by atoms with Gasteiger partial charge >= 0.3 is 0 Å². The van der Waals surface area contributed by atoms with Gasteiger partial charge in [-0.1, -0.05) is 19.9 Å². The molecule has 1 fully saturated rings. The summed E-state index contributed by atoms with van der Waals surface area (Å²) in [6.07, 6.45) is 0. The van der Waals surface area contributed by atoms with Gasteiger partial charge < -0.3 is 5.32 Å². The second kappa shape index (κ2) is 6.08. The second-order valence-electron chi connectivity index (χ2n) is 6.06. The zero-order chi connectivity index (χ0) is 14.8. The van der Waals surface area contributed by atoms with E-state index in [2.05, 4.69) is 21.3 Å². The normalized spacial score (nSPS) is 16.8. The van der Waals surface area contributed by atoms with Crippen molar-refractivity contribution in [2.45, 2.75) is 26.3 Å². The lowest BCUT2D eigenvalue weighted by Gasteiger charge is -2.27. The maximum Gasteiger partial charge on any atom is 0.134 e. The third-order valence-corrected chi connectivity index (χ3v) is 4.05. The van der Waals surface area contributed by atoms with E-state index in [1.165, 1.54) is 0 Å². The fraction of sp³-hybridized carbons (Fsp3) is 0.471. The fourth-order valence-corrected chi connectivity index (χ4v) is 2.77. The number of nitrogens with one attached hydrogen (secondary N) is 1. The van der Waals surface area contributed by atoms with Crippen LogP contribution in [-0.2, 0) is 6.54 Å². The van der Waals surface area contributed by atoms with E-state index in [0.29, 0.717) is 5.39 Å². The molecule has 1 saturated heterocycles. The minimum Gasteiger partial charge on any atom is -0.314 e. The monoisotopic (exact) mass is 287 g/mol. The third kappa shape index (κ3) is 3.22. The molecule has 0 aliphatic carbocycles. The van der Waals surface area contributed by atoms with Crippen molar-refractivity contribution in [2.75, 3.05) is 26.2 Å². The molecule has 0 spiro atoms. The van der Waals surface area contributed by atoms with E-state index in [1.54, 1.807) is 6.07 Å². The standard InChI is InChI=1S/C17H22FN3/c1-12(2)17-10-15(18)14-9-13(3-4-16(14)20-17)11-21-7-5-19-6-8-21/h3-4,9-10,12,19H,5-8,11H2,1-2H3. The first-order chi connectivity index (χ1) is 10.1. The molecule has 4 heteroatoms. The summed E-state index contributed by atoms with van der Waals surface area (Å²) in [6.45, 7) is 9.10. The van der Waals surface area contributed by atoms with Gasteiger partial charge in [0.15, 0.2) is 0 Å². The molecule has 1 aromatic heterocycles. The van der Waals surface area contributed by atoms with E-state index in [0.717, 1.165) is 49.5 Å². The van der Waals surface area contributed by atoms with Gasteiger partial charge in [0.05, 0.1) is 5.52 Å². The highest BCUT2D eigenvalue weighted by Crippen LogP contribution is 2.23. The van der Waals surface area contributed by atoms with Crippen molar-refractivity contribution >= 4 is 10.9 Å². The van der Waals surface area contributed by atoms with Crippen LogP contribution in [-0.4, -0.2) is 36.1 Å². The molecule has 1 aliphatic rings. The molecule has 0 saturated carbocycles. The predicted molar refractivity (Wildman–Crippen MR) is 83.9 cm³/mol. The van der Waals surface area contributed by atoms with Gasteiger partial charge in [0.25, 0.3) is 0 Å². The number of halogens is 1. The van der Waals surface area contributed by atoms with Gasteiger partial charge in [-0.05, 0) is 29.7 Å². The topological polar surface area (TPSA) is 28.2 Å². The molecule has 3 rings (SSSR count). The molecule has 2 heterocycles. The first-order valence-electron chi connectivity index (χ1n) is 7.65. The van der Waals surface area contributed by atoms with Crippen LogP contribution in [0.3, 0.4) is 0 Å². The molecule has 1 N–H and O–H groups in total. The summed E-state index contributed by atoms with van der Waals surface area (Å²) in [6, 6.07) is 7.54. The Hall–Kier alpha value is -1.52. The zero-order valence-corrected chi connectivity index (χ0v) is 12.7. The fourth-order valence-electron chi connectivity index (χ4n) is 2.77. The molecule has 112 valence electrons. The number of hydrogen-bond donors (Lipinski definition) is 1. The summed E-state index contributed by atoms with van der Waals surface area (Å²) in [4.78, 5) is 6.95. The van der Waals surface area contributed by atoms with Crippen LogP contribution >= 0.6 is 0 Å². The average molecular weight is 287 g/mol. The smallest absolute Gasteiger partial charge is 0.134 e. The van der Waals surface area contributed by atoms with Crippen molar-refractivity contribution in [3.05, 3.63) is 41.3 Å². The van der Waals surface area contributed by atoms with Crippen molar-refractivity contribution in [2.24, 2.45) is 0 Å². The zero-order valence-electron chi connectivity index (χ0n) is 12.7. The molecule has 3 nitrogen and oxygen atoms in total. The van der Waals surface area contributed by atoms with Gasteiger partial charge in [0.2, 0.25) is 0 Å². The lowest BCUT2D eigenvalue weighted by molar-refractivity contribution is 0.233. The lowest BCUT2D eigenvalue weighted by Crippen LogP contribution is -2.42. The molecule has 0 atom stereocenters. The van der Waals surface area contributed by atoms with Gasteiger partial charge in [-0.2, -0.15) is 0 Å². The number of fused-ring (bicyclic) bond motifs is 1. The molecule has 21 heavy (non-hydrogen) atoms. The highest BCUT2D eigenvalue weighted by atomic mass is 19.1. The Morgan fingerprint density at radius 2 is 2.00 bits per heavy atom. The number of piperazine rings is 1. The van der Waals surface area contributed by atoms with E-state index in [-0.39, 0.29) is 11.7 Å². The SMILES string of the molecule is CC(C)c1cc(F)c2cc(CN3CCNCC3)ccc2n1. The number of hydrogen-bond acceptors (Lipinski definition) is 3. The molecule has 2 aromatic rings. The number of rotatable bonds is 3. The van der Waals surface area contributed by atoms with E-state index in [1.807, 2.05) is 26.0 Å². The second-order valence-corrected chi connectivity index (χ2v) is 6.06. The quantitative estimate of drug-likeness (QED) is 0.941. The van der Waals surface area contributed by atoms with Gasteiger partial charge in [-0.25, -0.2) is 4.39 Å². The summed E-state index contributed by atoms with van der Waals surface area (Å²) >= 11 is 0. The number of benzene rings is 1.